The summed E-state index contributed by atoms with van der Waals surface area (Å²) in [5, 5.41) is -0.547. The average molecular weight is 278 g/mol. The highest BCUT2D eigenvalue weighted by Crippen LogP contribution is 2.21. The molecule has 0 bridgehead atoms. The van der Waals surface area contributed by atoms with Crippen molar-refractivity contribution < 1.29 is 17.9 Å². The topological polar surface area (TPSA) is 72.5 Å². The first-order valence-corrected chi connectivity index (χ1v) is 6.84. The molecule has 1 N–H and O–H groups in total. The number of anilines is 1. The number of methoxy groups -OCH3 is 1. The highest BCUT2D eigenvalue weighted by Gasteiger charge is 2.15. The lowest BCUT2D eigenvalue weighted by molar-refractivity contribution is 0.0600. The number of carbonyl (C=O) groups is 1. The summed E-state index contributed by atoms with van der Waals surface area (Å²) in [5.41, 5.74) is 1.11. The highest BCUT2D eigenvalue weighted by atomic mass is 35.5. The van der Waals surface area contributed by atoms with Crippen molar-refractivity contribution in [2.45, 2.75) is 6.92 Å². The van der Waals surface area contributed by atoms with Gasteiger partial charge in [-0.3, -0.25) is 4.72 Å². The van der Waals surface area contributed by atoms with Gasteiger partial charge in [0.15, 0.2) is 0 Å². The van der Waals surface area contributed by atoms with Gasteiger partial charge in [0.1, 0.15) is 5.21 Å². The van der Waals surface area contributed by atoms with Crippen LogP contribution in [-0.4, -0.2) is 26.7 Å². The van der Waals surface area contributed by atoms with Gasteiger partial charge in [-0.15, -0.1) is 11.6 Å². The summed E-state index contributed by atoms with van der Waals surface area (Å²) in [6, 6.07) is 4.66. The molecule has 0 aliphatic rings. The Morgan fingerprint density at radius 2 is 2.12 bits per heavy atom. The first-order valence-electron chi connectivity index (χ1n) is 4.65. The molecule has 0 amide bonds. The lowest BCUT2D eigenvalue weighted by atomic mass is 10.1. The molecule has 0 atom stereocenters. The maximum absolute atomic E-state index is 11.4. The van der Waals surface area contributed by atoms with Crippen molar-refractivity contribution in [3.8, 4) is 0 Å². The molecule has 0 unspecified atom stereocenters. The number of alkyl halides is 1. The average Bonchev–Trinajstić information content (AvgIpc) is 2.31. The number of esters is 1. The van der Waals surface area contributed by atoms with Gasteiger partial charge >= 0.3 is 5.97 Å². The third kappa shape index (κ3) is 3.34. The standard InChI is InChI=1S/C10H12ClNO4S/c1-7-8(10(13)16-2)4-3-5-9(7)12-17(14,15)6-11/h3-5,12H,6H2,1-2H3. The van der Waals surface area contributed by atoms with Gasteiger partial charge in [-0.2, -0.15) is 0 Å². The van der Waals surface area contributed by atoms with Crippen LogP contribution in [0.2, 0.25) is 0 Å². The fraction of sp³-hybridized carbons (Fsp3) is 0.300. The van der Waals surface area contributed by atoms with E-state index in [1.807, 2.05) is 0 Å². The molecule has 1 aromatic rings. The molecule has 5 nitrogen and oxygen atoms in total. The Labute approximate surface area is 105 Å². The Balaban J connectivity index is 3.16. The minimum absolute atomic E-state index is 0.308. The number of rotatable bonds is 4. The van der Waals surface area contributed by atoms with Gasteiger partial charge in [0.2, 0.25) is 10.0 Å². The fourth-order valence-electron chi connectivity index (χ4n) is 1.27. The van der Waals surface area contributed by atoms with Crippen LogP contribution < -0.4 is 4.72 Å². The van der Waals surface area contributed by atoms with Crippen LogP contribution in [0, 0.1) is 6.92 Å². The van der Waals surface area contributed by atoms with Crippen molar-refractivity contribution in [3.63, 3.8) is 0 Å². The molecule has 1 aromatic carbocycles. The molecule has 0 fully saturated rings. The van der Waals surface area contributed by atoms with Crippen molar-refractivity contribution in [3.05, 3.63) is 29.3 Å². The number of benzene rings is 1. The summed E-state index contributed by atoms with van der Waals surface area (Å²) in [4.78, 5) is 11.4. The zero-order valence-electron chi connectivity index (χ0n) is 9.36. The van der Waals surface area contributed by atoms with Crippen LogP contribution in [0.3, 0.4) is 0 Å². The zero-order valence-corrected chi connectivity index (χ0v) is 10.9. The monoisotopic (exact) mass is 277 g/mol. The summed E-state index contributed by atoms with van der Waals surface area (Å²) in [6.45, 7) is 1.62. The van der Waals surface area contributed by atoms with Crippen molar-refractivity contribution in [1.82, 2.24) is 0 Å². The van der Waals surface area contributed by atoms with Gasteiger partial charge in [-0.25, -0.2) is 13.2 Å². The predicted octanol–water partition coefficient (Wildman–Crippen LogP) is 1.72. The van der Waals surface area contributed by atoms with E-state index in [1.165, 1.54) is 7.11 Å². The number of sulfonamides is 1. The van der Waals surface area contributed by atoms with Crippen LogP contribution in [-0.2, 0) is 14.8 Å². The Morgan fingerprint density at radius 3 is 2.65 bits per heavy atom. The van der Waals surface area contributed by atoms with Crippen LogP contribution in [0.5, 0.6) is 0 Å². The molecule has 0 aliphatic carbocycles. The van der Waals surface area contributed by atoms with Crippen LogP contribution >= 0.6 is 11.6 Å². The van der Waals surface area contributed by atoms with Gasteiger partial charge in [0.25, 0.3) is 0 Å². The van der Waals surface area contributed by atoms with E-state index in [1.54, 1.807) is 25.1 Å². The van der Waals surface area contributed by atoms with E-state index >= 15 is 0 Å². The largest absolute Gasteiger partial charge is 0.465 e. The minimum Gasteiger partial charge on any atom is -0.465 e. The molecule has 0 saturated carbocycles. The molecule has 17 heavy (non-hydrogen) atoms. The SMILES string of the molecule is COC(=O)c1cccc(NS(=O)(=O)CCl)c1C. The van der Waals surface area contributed by atoms with Crippen LogP contribution in [0.15, 0.2) is 18.2 Å². The van der Waals surface area contributed by atoms with E-state index in [2.05, 4.69) is 9.46 Å². The zero-order chi connectivity index (χ0) is 13.1. The summed E-state index contributed by atoms with van der Waals surface area (Å²) < 4.78 is 29.5. The molecule has 1 rings (SSSR count). The molecule has 7 heteroatoms. The number of carbonyl (C=O) groups excluding carboxylic acids is 1. The fourth-order valence-corrected chi connectivity index (χ4v) is 2.05. The molecule has 0 heterocycles. The second-order valence-corrected chi connectivity index (χ2v) is 5.60. The Kier molecular flexibility index (Phi) is 4.36. The maximum Gasteiger partial charge on any atom is 0.338 e. The Morgan fingerprint density at radius 1 is 1.47 bits per heavy atom. The van der Waals surface area contributed by atoms with E-state index in [9.17, 15) is 13.2 Å². The van der Waals surface area contributed by atoms with E-state index in [-0.39, 0.29) is 0 Å². The van der Waals surface area contributed by atoms with E-state index < -0.39 is 21.2 Å². The lowest BCUT2D eigenvalue weighted by Crippen LogP contribution is -2.15. The number of halogens is 1. The quantitative estimate of drug-likeness (QED) is 0.672. The van der Waals surface area contributed by atoms with E-state index in [0.717, 1.165) is 0 Å². The lowest BCUT2D eigenvalue weighted by Gasteiger charge is -2.11. The summed E-state index contributed by atoms with van der Waals surface area (Å²) >= 11 is 5.28. The van der Waals surface area contributed by atoms with Crippen molar-refractivity contribution in [2.24, 2.45) is 0 Å². The van der Waals surface area contributed by atoms with Gasteiger partial charge in [0.05, 0.1) is 18.4 Å². The maximum atomic E-state index is 11.4. The molecule has 0 saturated heterocycles. The third-order valence-corrected chi connectivity index (χ3v) is 3.83. The highest BCUT2D eigenvalue weighted by molar-refractivity contribution is 7.93. The van der Waals surface area contributed by atoms with Gasteiger partial charge < -0.3 is 4.74 Å². The molecule has 0 aromatic heterocycles. The molecule has 0 spiro atoms. The number of hydrogen-bond acceptors (Lipinski definition) is 4. The first kappa shape index (κ1) is 13.8. The smallest absolute Gasteiger partial charge is 0.338 e. The summed E-state index contributed by atoms with van der Waals surface area (Å²) in [5.74, 6) is -0.519. The van der Waals surface area contributed by atoms with Gasteiger partial charge in [0, 0.05) is 0 Å². The van der Waals surface area contributed by atoms with E-state index in [0.29, 0.717) is 16.8 Å². The van der Waals surface area contributed by atoms with E-state index in [4.69, 9.17) is 11.6 Å². The number of hydrogen-bond donors (Lipinski definition) is 1. The molecule has 94 valence electrons. The molecular formula is C10H12ClNO4S. The number of ether oxygens (including phenoxy) is 1. The van der Waals surface area contributed by atoms with Crippen molar-refractivity contribution >= 4 is 33.3 Å². The third-order valence-electron chi connectivity index (χ3n) is 2.15. The second-order valence-electron chi connectivity index (χ2n) is 3.30. The van der Waals surface area contributed by atoms with Gasteiger partial charge in [-0.05, 0) is 24.6 Å². The molecule has 0 aliphatic heterocycles. The molecular weight excluding hydrogens is 266 g/mol. The van der Waals surface area contributed by atoms with Crippen LogP contribution in [0.4, 0.5) is 5.69 Å². The Bertz CT molecular complexity index is 527. The van der Waals surface area contributed by atoms with Gasteiger partial charge in [-0.1, -0.05) is 6.07 Å². The van der Waals surface area contributed by atoms with Crippen molar-refractivity contribution in [2.75, 3.05) is 17.0 Å². The van der Waals surface area contributed by atoms with Crippen LogP contribution in [0.25, 0.3) is 0 Å². The summed E-state index contributed by atoms with van der Waals surface area (Å²) in [6.07, 6.45) is 0. The first-order chi connectivity index (χ1) is 7.91. The minimum atomic E-state index is -3.58. The summed E-state index contributed by atoms with van der Waals surface area (Å²) in [7, 11) is -2.32. The number of nitrogens with one attached hydrogen (secondary N) is 1. The van der Waals surface area contributed by atoms with Crippen molar-refractivity contribution in [1.29, 1.82) is 0 Å². The normalized spacial score (nSPS) is 11.0. The second kappa shape index (κ2) is 5.37. The predicted molar refractivity (Wildman–Crippen MR) is 65.8 cm³/mol. The molecule has 0 radical (unpaired) electrons. The van der Waals surface area contributed by atoms with Crippen LogP contribution in [0.1, 0.15) is 15.9 Å². The Hall–Kier alpha value is -1.27.